The number of fused-ring (bicyclic) bond motifs is 3. The summed E-state index contributed by atoms with van der Waals surface area (Å²) < 4.78 is 5.52. The Hall–Kier alpha value is -3.03. The van der Waals surface area contributed by atoms with Gasteiger partial charge in [-0.05, 0) is 49.3 Å². The maximum atomic E-state index is 6.47. The molecule has 3 heterocycles. The molecule has 0 amide bonds. The molecule has 3 N–H and O–H groups in total. The van der Waals surface area contributed by atoms with E-state index in [1.54, 1.807) is 30.8 Å². The van der Waals surface area contributed by atoms with Crippen LogP contribution in [-0.2, 0) is 19.3 Å². The van der Waals surface area contributed by atoms with Crippen molar-refractivity contribution in [3.63, 3.8) is 0 Å². The molecule has 1 atom stereocenters. The smallest absolute Gasteiger partial charge is 0.166 e. The molecule has 0 radical (unpaired) electrons. The summed E-state index contributed by atoms with van der Waals surface area (Å²) >= 11 is 1.79. The molecule has 1 aliphatic rings. The molecule has 1 unspecified atom stereocenters. The van der Waals surface area contributed by atoms with E-state index in [-0.39, 0.29) is 6.04 Å². The van der Waals surface area contributed by atoms with Crippen LogP contribution in [0.3, 0.4) is 0 Å². The number of methoxy groups -OCH3 is 1. The topological polar surface area (TPSA) is 86.0 Å². The average molecular weight is 446 g/mol. The fraction of sp³-hybridized carbons (Fsp3) is 0.320. The van der Waals surface area contributed by atoms with Crippen LogP contribution in [0.1, 0.15) is 28.8 Å². The summed E-state index contributed by atoms with van der Waals surface area (Å²) in [5.41, 5.74) is 9.96. The average Bonchev–Trinajstić information content (AvgIpc) is 3.22. The number of rotatable bonds is 7. The van der Waals surface area contributed by atoms with E-state index in [1.807, 2.05) is 12.1 Å². The number of pyridine rings is 1. The van der Waals surface area contributed by atoms with Crippen molar-refractivity contribution in [1.82, 2.24) is 15.0 Å². The Balaban J connectivity index is 1.51. The molecule has 0 aliphatic heterocycles. The first-order chi connectivity index (χ1) is 15.7. The van der Waals surface area contributed by atoms with Crippen molar-refractivity contribution >= 4 is 27.4 Å². The van der Waals surface area contributed by atoms with E-state index in [2.05, 4.69) is 34.6 Å². The zero-order valence-corrected chi connectivity index (χ0v) is 19.0. The molecule has 5 rings (SSSR count). The molecule has 164 valence electrons. The van der Waals surface area contributed by atoms with Gasteiger partial charge in [0.25, 0.3) is 0 Å². The lowest BCUT2D eigenvalue weighted by molar-refractivity contribution is 0.414. The summed E-state index contributed by atoms with van der Waals surface area (Å²) in [5, 5.41) is 4.73. The highest BCUT2D eigenvalue weighted by atomic mass is 32.1. The molecule has 0 saturated carbocycles. The number of nitrogens with zero attached hydrogens (tertiary/aromatic N) is 3. The maximum absolute atomic E-state index is 6.47. The number of aryl methyl sites for hydroxylation is 2. The Kier molecular flexibility index (Phi) is 6.01. The Morgan fingerprint density at radius 1 is 1.12 bits per heavy atom. The number of ether oxygens (including phenoxy) is 1. The van der Waals surface area contributed by atoms with Crippen LogP contribution in [0.25, 0.3) is 21.6 Å². The summed E-state index contributed by atoms with van der Waals surface area (Å²) in [6.45, 7) is 0.637. The van der Waals surface area contributed by atoms with Crippen molar-refractivity contribution in [2.75, 3.05) is 19.0 Å². The first-order valence-electron chi connectivity index (χ1n) is 11.1. The van der Waals surface area contributed by atoms with E-state index in [0.29, 0.717) is 18.1 Å². The van der Waals surface area contributed by atoms with Gasteiger partial charge in [0.05, 0.1) is 24.3 Å². The number of thiophene rings is 1. The minimum atomic E-state index is -0.0178. The standard InChI is InChI=1S/C25H27N5OS/c1-31-20-15-27-12-11-18(20)23-29-24(28-14-17(26)13-16-7-3-2-4-8-16)22-19-9-5-6-10-21(19)32-25(22)30-23/h2-4,7-8,11-12,15,17H,5-6,9-10,13-14,26H2,1H3,(H,28,29,30). The molecule has 6 nitrogen and oxygen atoms in total. The van der Waals surface area contributed by atoms with Crippen LogP contribution in [0.5, 0.6) is 5.75 Å². The first kappa shape index (κ1) is 20.8. The number of benzene rings is 1. The van der Waals surface area contributed by atoms with Crippen LogP contribution >= 0.6 is 11.3 Å². The molecular weight excluding hydrogens is 418 g/mol. The van der Waals surface area contributed by atoms with Gasteiger partial charge in [0.2, 0.25) is 0 Å². The van der Waals surface area contributed by atoms with Gasteiger partial charge in [-0.3, -0.25) is 4.98 Å². The van der Waals surface area contributed by atoms with Crippen molar-refractivity contribution in [2.24, 2.45) is 5.73 Å². The van der Waals surface area contributed by atoms with Crippen LogP contribution in [0, 0.1) is 0 Å². The predicted octanol–water partition coefficient (Wildman–Crippen LogP) is 4.62. The third-order valence-corrected chi connectivity index (χ3v) is 7.12. The zero-order chi connectivity index (χ0) is 21.9. The second-order valence-corrected chi connectivity index (χ2v) is 9.28. The van der Waals surface area contributed by atoms with Gasteiger partial charge in [-0.25, -0.2) is 9.97 Å². The second kappa shape index (κ2) is 9.22. The number of nitrogens with one attached hydrogen (secondary N) is 1. The molecule has 7 heteroatoms. The number of nitrogens with two attached hydrogens (primary N) is 1. The number of anilines is 1. The minimum absolute atomic E-state index is 0.0178. The highest BCUT2D eigenvalue weighted by Crippen LogP contribution is 2.40. The molecule has 3 aromatic heterocycles. The van der Waals surface area contributed by atoms with E-state index in [9.17, 15) is 0 Å². The summed E-state index contributed by atoms with van der Waals surface area (Å²) in [7, 11) is 1.64. The summed E-state index contributed by atoms with van der Waals surface area (Å²) in [6, 6.07) is 12.2. The number of hydrogen-bond donors (Lipinski definition) is 2. The van der Waals surface area contributed by atoms with Crippen LogP contribution in [-0.4, -0.2) is 34.6 Å². The molecule has 0 bridgehead atoms. The molecule has 1 aromatic carbocycles. The Morgan fingerprint density at radius 2 is 1.97 bits per heavy atom. The highest BCUT2D eigenvalue weighted by molar-refractivity contribution is 7.19. The van der Waals surface area contributed by atoms with Gasteiger partial charge in [-0.15, -0.1) is 11.3 Å². The van der Waals surface area contributed by atoms with Gasteiger partial charge >= 0.3 is 0 Å². The van der Waals surface area contributed by atoms with Crippen molar-refractivity contribution in [3.05, 3.63) is 64.8 Å². The third kappa shape index (κ3) is 4.18. The zero-order valence-electron chi connectivity index (χ0n) is 18.2. The van der Waals surface area contributed by atoms with Gasteiger partial charge in [0.1, 0.15) is 16.4 Å². The SMILES string of the molecule is COc1cnccc1-c1nc(NCC(N)Cc2ccccc2)c2c3c(sc2n1)CCCC3. The summed E-state index contributed by atoms with van der Waals surface area (Å²) in [6.07, 6.45) is 8.92. The molecule has 1 aliphatic carbocycles. The highest BCUT2D eigenvalue weighted by Gasteiger charge is 2.22. The molecule has 4 aromatic rings. The fourth-order valence-corrected chi connectivity index (χ4v) is 5.61. The lowest BCUT2D eigenvalue weighted by Crippen LogP contribution is -2.31. The van der Waals surface area contributed by atoms with Crippen molar-refractivity contribution in [1.29, 1.82) is 0 Å². The van der Waals surface area contributed by atoms with Crippen LogP contribution < -0.4 is 15.8 Å². The first-order valence-corrected chi connectivity index (χ1v) is 11.9. The monoisotopic (exact) mass is 445 g/mol. The van der Waals surface area contributed by atoms with E-state index < -0.39 is 0 Å². The van der Waals surface area contributed by atoms with Crippen molar-refractivity contribution < 1.29 is 4.74 Å². The van der Waals surface area contributed by atoms with E-state index in [4.69, 9.17) is 20.4 Å². The van der Waals surface area contributed by atoms with Gasteiger partial charge < -0.3 is 15.8 Å². The van der Waals surface area contributed by atoms with Gasteiger partial charge in [0.15, 0.2) is 5.82 Å². The molecule has 0 saturated heterocycles. The maximum Gasteiger partial charge on any atom is 0.166 e. The molecule has 0 fully saturated rings. The normalized spacial score (nSPS) is 14.2. The molecular formula is C25H27N5OS. The third-order valence-electron chi connectivity index (χ3n) is 5.93. The van der Waals surface area contributed by atoms with Gasteiger partial charge in [0, 0.05) is 23.7 Å². The second-order valence-electron chi connectivity index (χ2n) is 8.19. The van der Waals surface area contributed by atoms with E-state index in [1.165, 1.54) is 28.8 Å². The lowest BCUT2D eigenvalue weighted by Gasteiger charge is -2.16. The quantitative estimate of drug-likeness (QED) is 0.432. The lowest BCUT2D eigenvalue weighted by atomic mass is 9.97. The largest absolute Gasteiger partial charge is 0.494 e. The minimum Gasteiger partial charge on any atom is -0.494 e. The Morgan fingerprint density at radius 3 is 2.81 bits per heavy atom. The van der Waals surface area contributed by atoms with Gasteiger partial charge in [-0.1, -0.05) is 30.3 Å². The van der Waals surface area contributed by atoms with Crippen molar-refractivity contribution in [2.45, 2.75) is 38.1 Å². The predicted molar refractivity (Wildman–Crippen MR) is 130 cm³/mol. The fourth-order valence-electron chi connectivity index (χ4n) is 4.35. The number of hydrogen-bond acceptors (Lipinski definition) is 7. The van der Waals surface area contributed by atoms with Crippen LogP contribution in [0.2, 0.25) is 0 Å². The Labute approximate surface area is 191 Å². The van der Waals surface area contributed by atoms with Crippen LogP contribution in [0.4, 0.5) is 5.82 Å². The Bertz CT molecular complexity index is 1220. The summed E-state index contributed by atoms with van der Waals surface area (Å²) in [5.74, 6) is 2.18. The van der Waals surface area contributed by atoms with Gasteiger partial charge in [-0.2, -0.15) is 0 Å². The van der Waals surface area contributed by atoms with Crippen LogP contribution in [0.15, 0.2) is 48.8 Å². The number of aromatic nitrogens is 3. The van der Waals surface area contributed by atoms with Crippen molar-refractivity contribution in [3.8, 4) is 17.1 Å². The molecule has 0 spiro atoms. The van der Waals surface area contributed by atoms with E-state index in [0.717, 1.165) is 40.9 Å². The molecule has 32 heavy (non-hydrogen) atoms. The van der Waals surface area contributed by atoms with E-state index >= 15 is 0 Å². The summed E-state index contributed by atoms with van der Waals surface area (Å²) in [4.78, 5) is 16.5.